The number of hydrogen-bond donors (Lipinski definition) is 0. The van der Waals surface area contributed by atoms with E-state index >= 15 is 0 Å². The second kappa shape index (κ2) is 9.93. The smallest absolute Gasteiger partial charge is 0.233 e. The molecule has 3 aromatic rings. The summed E-state index contributed by atoms with van der Waals surface area (Å²) in [6.07, 6.45) is -0.561. The highest BCUT2D eigenvalue weighted by molar-refractivity contribution is 7.99. The van der Waals surface area contributed by atoms with Crippen molar-refractivity contribution in [3.8, 4) is 11.4 Å². The lowest BCUT2D eigenvalue weighted by molar-refractivity contribution is -0.132. The largest absolute Gasteiger partial charge is 0.480 e. The number of amides is 1. The third kappa shape index (κ3) is 5.05. The third-order valence-electron chi connectivity index (χ3n) is 4.87. The van der Waals surface area contributed by atoms with Crippen LogP contribution in [0.1, 0.15) is 18.9 Å². The molecule has 2 heterocycles. The van der Waals surface area contributed by atoms with Crippen LogP contribution in [0.3, 0.4) is 0 Å². The Labute approximate surface area is 184 Å². The molecule has 1 amide bonds. The molecule has 1 saturated heterocycles. The molecule has 1 aromatic heterocycles. The van der Waals surface area contributed by atoms with Crippen LogP contribution in [0.25, 0.3) is 5.69 Å². The van der Waals surface area contributed by atoms with Crippen LogP contribution in [-0.2, 0) is 9.53 Å². The fourth-order valence-electron chi connectivity index (χ4n) is 3.27. The molecule has 1 fully saturated rings. The number of rotatable bonds is 7. The molecule has 1 aliphatic heterocycles. The van der Waals surface area contributed by atoms with Crippen molar-refractivity contribution in [1.82, 2.24) is 19.7 Å². The van der Waals surface area contributed by atoms with E-state index in [0.29, 0.717) is 37.3 Å². The molecule has 9 heteroatoms. The molecule has 7 nitrogen and oxygen atoms in total. The van der Waals surface area contributed by atoms with E-state index in [1.165, 1.54) is 17.8 Å². The lowest BCUT2D eigenvalue weighted by atomic mass is 10.3. The van der Waals surface area contributed by atoms with Crippen LogP contribution in [0, 0.1) is 5.82 Å². The van der Waals surface area contributed by atoms with Gasteiger partial charge in [-0.3, -0.25) is 9.36 Å². The summed E-state index contributed by atoms with van der Waals surface area (Å²) in [4.78, 5) is 14.4. The number of halogens is 1. The molecule has 2 aromatic carbocycles. The van der Waals surface area contributed by atoms with Gasteiger partial charge in [0.15, 0.2) is 28.7 Å². The second-order valence-electron chi connectivity index (χ2n) is 6.98. The summed E-state index contributed by atoms with van der Waals surface area (Å²) in [5.41, 5.74) is 0.841. The van der Waals surface area contributed by atoms with Crippen LogP contribution < -0.4 is 4.74 Å². The Morgan fingerprint density at radius 1 is 1.13 bits per heavy atom. The van der Waals surface area contributed by atoms with Gasteiger partial charge in [0, 0.05) is 18.8 Å². The molecule has 4 rings (SSSR count). The number of carbonyl (C=O) groups excluding carboxylic acids is 1. The molecular weight excluding hydrogens is 419 g/mol. The molecule has 31 heavy (non-hydrogen) atoms. The van der Waals surface area contributed by atoms with E-state index in [9.17, 15) is 9.18 Å². The summed E-state index contributed by atoms with van der Waals surface area (Å²) >= 11 is 1.32. The molecule has 0 saturated carbocycles. The minimum absolute atomic E-state index is 0.0353. The number of nitrogens with zero attached hydrogens (tertiary/aromatic N) is 4. The Balaban J connectivity index is 1.57. The maximum atomic E-state index is 14.1. The number of benzene rings is 2. The van der Waals surface area contributed by atoms with Crippen LogP contribution in [0.2, 0.25) is 0 Å². The fraction of sp³-hybridized carbons (Fsp3) is 0.318. The first-order valence-corrected chi connectivity index (χ1v) is 11.0. The van der Waals surface area contributed by atoms with E-state index in [1.54, 1.807) is 30.0 Å². The van der Waals surface area contributed by atoms with E-state index in [1.807, 2.05) is 34.9 Å². The molecule has 0 aliphatic carbocycles. The van der Waals surface area contributed by atoms with E-state index in [0.717, 1.165) is 5.69 Å². The maximum Gasteiger partial charge on any atom is 0.233 e. The Kier molecular flexibility index (Phi) is 6.83. The zero-order valence-corrected chi connectivity index (χ0v) is 17.9. The predicted molar refractivity (Wildman–Crippen MR) is 115 cm³/mol. The molecule has 1 aliphatic rings. The van der Waals surface area contributed by atoms with Gasteiger partial charge in [0.2, 0.25) is 5.91 Å². The molecule has 1 unspecified atom stereocenters. The van der Waals surface area contributed by atoms with Crippen molar-refractivity contribution in [3.05, 3.63) is 66.2 Å². The van der Waals surface area contributed by atoms with Crippen LogP contribution in [0.4, 0.5) is 4.39 Å². The standard InChI is InChI=1S/C22H23FN4O3S/c1-16(30-19-10-6-5-9-18(19)23)21-24-25-22(27(21)17-7-3-2-4-8-17)31-15-20(28)26-11-13-29-14-12-26/h2-10,16H,11-15H2,1H3. The number of para-hydroxylation sites is 2. The van der Waals surface area contributed by atoms with Gasteiger partial charge in [0.25, 0.3) is 0 Å². The molecular formula is C22H23FN4O3S. The quantitative estimate of drug-likeness (QED) is 0.522. The first-order chi connectivity index (χ1) is 15.1. The molecule has 0 spiro atoms. The molecule has 162 valence electrons. The number of carbonyl (C=O) groups is 1. The summed E-state index contributed by atoms with van der Waals surface area (Å²) in [6.45, 7) is 4.12. The number of hydrogen-bond acceptors (Lipinski definition) is 6. The first-order valence-electron chi connectivity index (χ1n) is 10.0. The van der Waals surface area contributed by atoms with E-state index < -0.39 is 11.9 Å². The van der Waals surface area contributed by atoms with Gasteiger partial charge in [0.05, 0.1) is 19.0 Å². The minimum atomic E-state index is -0.561. The average Bonchev–Trinajstić information content (AvgIpc) is 3.24. The van der Waals surface area contributed by atoms with Crippen molar-refractivity contribution < 1.29 is 18.7 Å². The summed E-state index contributed by atoms with van der Waals surface area (Å²) in [7, 11) is 0. The van der Waals surface area contributed by atoms with Gasteiger partial charge in [0.1, 0.15) is 0 Å². The first kappa shape index (κ1) is 21.3. The highest BCUT2D eigenvalue weighted by atomic mass is 32.2. The van der Waals surface area contributed by atoms with Gasteiger partial charge in [-0.05, 0) is 31.2 Å². The molecule has 0 N–H and O–H groups in total. The number of morpholine rings is 1. The van der Waals surface area contributed by atoms with Crippen LogP contribution in [0.15, 0.2) is 59.8 Å². The van der Waals surface area contributed by atoms with Gasteiger partial charge >= 0.3 is 0 Å². The fourth-order valence-corrected chi connectivity index (χ4v) is 4.13. The number of ether oxygens (including phenoxy) is 2. The van der Waals surface area contributed by atoms with E-state index in [2.05, 4.69) is 10.2 Å². The zero-order valence-electron chi connectivity index (χ0n) is 17.1. The third-order valence-corrected chi connectivity index (χ3v) is 5.78. The van der Waals surface area contributed by atoms with Crippen molar-refractivity contribution in [3.63, 3.8) is 0 Å². The second-order valence-corrected chi connectivity index (χ2v) is 7.93. The number of aromatic nitrogens is 3. The van der Waals surface area contributed by atoms with Crippen molar-refractivity contribution >= 4 is 17.7 Å². The number of thioether (sulfide) groups is 1. The van der Waals surface area contributed by atoms with Crippen LogP contribution >= 0.6 is 11.8 Å². The van der Waals surface area contributed by atoms with Crippen LogP contribution in [0.5, 0.6) is 5.75 Å². The van der Waals surface area contributed by atoms with Gasteiger partial charge in [-0.15, -0.1) is 10.2 Å². The summed E-state index contributed by atoms with van der Waals surface area (Å²) in [5, 5.41) is 9.19. The normalized spacial score (nSPS) is 15.0. The molecule has 0 radical (unpaired) electrons. The highest BCUT2D eigenvalue weighted by Crippen LogP contribution is 2.29. The van der Waals surface area contributed by atoms with E-state index in [-0.39, 0.29) is 17.4 Å². The maximum absolute atomic E-state index is 14.1. The Bertz CT molecular complexity index is 1020. The summed E-state index contributed by atoms with van der Waals surface area (Å²) in [5.74, 6) is 0.511. The predicted octanol–water partition coefficient (Wildman–Crippen LogP) is 3.50. The zero-order chi connectivity index (χ0) is 21.6. The Hall–Kier alpha value is -2.91. The Morgan fingerprint density at radius 2 is 1.84 bits per heavy atom. The highest BCUT2D eigenvalue weighted by Gasteiger charge is 2.23. The molecule has 0 bridgehead atoms. The Morgan fingerprint density at radius 3 is 2.58 bits per heavy atom. The van der Waals surface area contributed by atoms with Crippen molar-refractivity contribution in [1.29, 1.82) is 0 Å². The van der Waals surface area contributed by atoms with Crippen molar-refractivity contribution in [2.45, 2.75) is 18.2 Å². The molecule has 1 atom stereocenters. The van der Waals surface area contributed by atoms with Gasteiger partial charge in [-0.1, -0.05) is 42.1 Å². The summed E-state index contributed by atoms with van der Waals surface area (Å²) < 4.78 is 27.0. The summed E-state index contributed by atoms with van der Waals surface area (Å²) in [6, 6.07) is 15.8. The van der Waals surface area contributed by atoms with Crippen LogP contribution in [-0.4, -0.2) is 57.6 Å². The minimum Gasteiger partial charge on any atom is -0.480 e. The van der Waals surface area contributed by atoms with E-state index in [4.69, 9.17) is 9.47 Å². The van der Waals surface area contributed by atoms with Crippen molar-refractivity contribution in [2.75, 3.05) is 32.1 Å². The lowest BCUT2D eigenvalue weighted by Crippen LogP contribution is -2.41. The van der Waals surface area contributed by atoms with Gasteiger partial charge < -0.3 is 14.4 Å². The topological polar surface area (TPSA) is 69.5 Å². The monoisotopic (exact) mass is 442 g/mol. The average molecular weight is 443 g/mol. The van der Waals surface area contributed by atoms with Gasteiger partial charge in [-0.25, -0.2) is 4.39 Å². The van der Waals surface area contributed by atoms with Crippen molar-refractivity contribution in [2.24, 2.45) is 0 Å². The lowest BCUT2D eigenvalue weighted by Gasteiger charge is -2.26. The van der Waals surface area contributed by atoms with Gasteiger partial charge in [-0.2, -0.15) is 0 Å². The SMILES string of the molecule is CC(Oc1ccccc1F)c1nnc(SCC(=O)N2CCOCC2)n1-c1ccccc1.